The predicted molar refractivity (Wildman–Crippen MR) is 134 cm³/mol. The zero-order valence-electron chi connectivity index (χ0n) is 19.4. The van der Waals surface area contributed by atoms with Crippen LogP contribution in [-0.4, -0.2) is 37.9 Å². The van der Waals surface area contributed by atoms with Crippen molar-refractivity contribution in [3.8, 4) is 28.8 Å². The Morgan fingerprint density at radius 1 is 0.971 bits per heavy atom. The summed E-state index contributed by atoms with van der Waals surface area (Å²) in [7, 11) is 3.49. The van der Waals surface area contributed by atoms with Crippen LogP contribution in [-0.2, 0) is 0 Å². The number of hydrogen-bond acceptors (Lipinski definition) is 4. The fraction of sp³-hybridized carbons (Fsp3) is 0.250. The van der Waals surface area contributed by atoms with E-state index in [2.05, 4.69) is 45.1 Å². The lowest BCUT2D eigenvalue weighted by Crippen LogP contribution is -2.41. The normalized spacial score (nSPS) is 14.4. The van der Waals surface area contributed by atoms with Gasteiger partial charge in [-0.05, 0) is 86.6 Å². The van der Waals surface area contributed by atoms with Gasteiger partial charge in [0.15, 0.2) is 11.6 Å². The van der Waals surface area contributed by atoms with E-state index in [0.29, 0.717) is 11.6 Å². The molecule has 0 aliphatic carbocycles. The first-order valence-corrected chi connectivity index (χ1v) is 11.5. The van der Waals surface area contributed by atoms with Crippen LogP contribution < -0.4 is 15.0 Å². The fourth-order valence-corrected chi connectivity index (χ4v) is 4.83. The largest absolute Gasteiger partial charge is 0.494 e. The lowest BCUT2D eigenvalue weighted by atomic mass is 10.0. The molecule has 0 unspecified atom stereocenters. The molecule has 34 heavy (non-hydrogen) atoms. The van der Waals surface area contributed by atoms with Crippen LogP contribution in [0.3, 0.4) is 0 Å². The molecule has 172 valence electrons. The number of piperidine rings is 1. The van der Waals surface area contributed by atoms with Gasteiger partial charge in [0.05, 0.1) is 30.0 Å². The van der Waals surface area contributed by atoms with Crippen molar-refractivity contribution in [2.45, 2.75) is 18.9 Å². The molecule has 0 bridgehead atoms. The number of hydrogen-bond donors (Lipinski definition) is 1. The van der Waals surface area contributed by atoms with E-state index in [0.717, 1.165) is 53.8 Å². The van der Waals surface area contributed by atoms with Gasteiger partial charge in [0, 0.05) is 41.5 Å². The molecule has 0 radical (unpaired) electrons. The Kier molecular flexibility index (Phi) is 5.95. The van der Waals surface area contributed by atoms with Crippen molar-refractivity contribution in [2.24, 2.45) is 0 Å². The Labute approximate surface area is 199 Å². The zero-order chi connectivity index (χ0) is 23.7. The van der Waals surface area contributed by atoms with Gasteiger partial charge < -0.3 is 19.5 Å². The molecule has 5 nitrogen and oxygen atoms in total. The highest BCUT2D eigenvalue weighted by molar-refractivity contribution is 5.91. The van der Waals surface area contributed by atoms with Crippen molar-refractivity contribution < 1.29 is 9.13 Å². The van der Waals surface area contributed by atoms with Gasteiger partial charge in [-0.2, -0.15) is 5.26 Å². The summed E-state index contributed by atoms with van der Waals surface area (Å²) in [5.41, 5.74) is 5.39. The number of anilines is 1. The maximum atomic E-state index is 14.6. The molecule has 4 aromatic rings. The van der Waals surface area contributed by atoms with Crippen LogP contribution in [0, 0.1) is 17.1 Å². The maximum absolute atomic E-state index is 14.6. The molecule has 1 aromatic heterocycles. The van der Waals surface area contributed by atoms with Crippen molar-refractivity contribution >= 4 is 16.6 Å². The minimum absolute atomic E-state index is 0.219. The third-order valence-corrected chi connectivity index (χ3v) is 6.76. The number of aromatic nitrogens is 1. The topological polar surface area (TPSA) is 53.2 Å². The number of benzene rings is 3. The Morgan fingerprint density at radius 2 is 1.71 bits per heavy atom. The van der Waals surface area contributed by atoms with E-state index in [1.54, 1.807) is 18.2 Å². The number of nitrogens with one attached hydrogen (secondary N) is 1. The molecule has 0 amide bonds. The SMILES string of the molecule is CNC1CCN(c2ccc3c(c2)cc(-c2ccc(OC)c(F)c2)n3-c2ccc(C#N)cc2)CC1. The van der Waals surface area contributed by atoms with Gasteiger partial charge in [-0.25, -0.2) is 4.39 Å². The summed E-state index contributed by atoms with van der Waals surface area (Å²) in [4.78, 5) is 2.43. The molecule has 0 saturated carbocycles. The minimum atomic E-state index is -0.398. The van der Waals surface area contributed by atoms with Crippen molar-refractivity contribution in [2.75, 3.05) is 32.1 Å². The number of rotatable bonds is 5. The molecule has 2 heterocycles. The highest BCUT2D eigenvalue weighted by Crippen LogP contribution is 2.35. The second kappa shape index (κ2) is 9.20. The Hall–Kier alpha value is -3.82. The average Bonchev–Trinajstić information content (AvgIpc) is 3.27. The lowest BCUT2D eigenvalue weighted by molar-refractivity contribution is 0.386. The summed E-state index contributed by atoms with van der Waals surface area (Å²) in [5, 5.41) is 13.7. The van der Waals surface area contributed by atoms with Gasteiger partial charge in [-0.15, -0.1) is 0 Å². The molecule has 1 aliphatic heterocycles. The second-order valence-corrected chi connectivity index (χ2v) is 8.67. The summed E-state index contributed by atoms with van der Waals surface area (Å²) in [6, 6.07) is 23.9. The van der Waals surface area contributed by atoms with Crippen LogP contribution in [0.5, 0.6) is 5.75 Å². The second-order valence-electron chi connectivity index (χ2n) is 8.67. The van der Waals surface area contributed by atoms with Gasteiger partial charge in [0.25, 0.3) is 0 Å². The Morgan fingerprint density at radius 3 is 2.35 bits per heavy atom. The maximum Gasteiger partial charge on any atom is 0.165 e. The first kappa shape index (κ1) is 22.0. The van der Waals surface area contributed by atoms with Crippen molar-refractivity contribution in [1.29, 1.82) is 5.26 Å². The van der Waals surface area contributed by atoms with Crippen molar-refractivity contribution in [1.82, 2.24) is 9.88 Å². The fourth-order valence-electron chi connectivity index (χ4n) is 4.83. The van der Waals surface area contributed by atoms with Crippen LogP contribution in [0.2, 0.25) is 0 Å². The van der Waals surface area contributed by atoms with Crippen LogP contribution in [0.15, 0.2) is 66.7 Å². The van der Waals surface area contributed by atoms with Gasteiger partial charge in [0.1, 0.15) is 0 Å². The molecule has 1 aliphatic rings. The number of methoxy groups -OCH3 is 1. The molecular weight excluding hydrogens is 427 g/mol. The van der Waals surface area contributed by atoms with E-state index >= 15 is 0 Å². The van der Waals surface area contributed by atoms with Crippen molar-refractivity contribution in [3.05, 3.63) is 78.1 Å². The van der Waals surface area contributed by atoms with Crippen LogP contribution in [0.25, 0.3) is 27.8 Å². The van der Waals surface area contributed by atoms with E-state index < -0.39 is 5.82 Å². The molecule has 1 saturated heterocycles. The molecule has 5 rings (SSSR count). The lowest BCUT2D eigenvalue weighted by Gasteiger charge is -2.33. The third kappa shape index (κ3) is 4.00. The van der Waals surface area contributed by atoms with Gasteiger partial charge in [-0.3, -0.25) is 0 Å². The summed E-state index contributed by atoms with van der Waals surface area (Å²) in [5.74, 6) is -0.179. The number of nitriles is 1. The molecule has 0 spiro atoms. The molecule has 1 fully saturated rings. The van der Waals surface area contributed by atoms with Gasteiger partial charge in [-0.1, -0.05) is 0 Å². The zero-order valence-corrected chi connectivity index (χ0v) is 19.4. The number of halogens is 1. The predicted octanol–water partition coefficient (Wildman–Crippen LogP) is 5.51. The van der Waals surface area contributed by atoms with E-state index in [1.807, 2.05) is 25.2 Å². The third-order valence-electron chi connectivity index (χ3n) is 6.76. The first-order valence-electron chi connectivity index (χ1n) is 11.5. The van der Waals surface area contributed by atoms with Crippen LogP contribution in [0.4, 0.5) is 10.1 Å². The monoisotopic (exact) mass is 454 g/mol. The summed E-state index contributed by atoms with van der Waals surface area (Å²) >= 11 is 0. The van der Waals surface area contributed by atoms with E-state index in [1.165, 1.54) is 18.9 Å². The molecule has 3 aromatic carbocycles. The smallest absolute Gasteiger partial charge is 0.165 e. The highest BCUT2D eigenvalue weighted by atomic mass is 19.1. The van der Waals surface area contributed by atoms with Gasteiger partial charge in [0.2, 0.25) is 0 Å². The molecule has 1 N–H and O–H groups in total. The number of ether oxygens (including phenoxy) is 1. The van der Waals surface area contributed by atoms with Gasteiger partial charge >= 0.3 is 0 Å². The molecule has 6 heteroatoms. The molecule has 0 atom stereocenters. The van der Waals surface area contributed by atoms with E-state index in [-0.39, 0.29) is 5.75 Å². The summed E-state index contributed by atoms with van der Waals surface area (Å²) in [6.45, 7) is 2.04. The average molecular weight is 455 g/mol. The highest BCUT2D eigenvalue weighted by Gasteiger charge is 2.20. The van der Waals surface area contributed by atoms with Crippen LogP contribution >= 0.6 is 0 Å². The van der Waals surface area contributed by atoms with E-state index in [4.69, 9.17) is 4.74 Å². The molecular formula is C28H27FN4O. The summed E-state index contributed by atoms with van der Waals surface area (Å²) < 4.78 is 21.8. The quantitative estimate of drug-likeness (QED) is 0.432. The Balaban J connectivity index is 1.63. The van der Waals surface area contributed by atoms with E-state index in [9.17, 15) is 9.65 Å². The summed E-state index contributed by atoms with van der Waals surface area (Å²) in [6.07, 6.45) is 2.24. The van der Waals surface area contributed by atoms with Crippen molar-refractivity contribution in [3.63, 3.8) is 0 Å². The Bertz CT molecular complexity index is 1360. The van der Waals surface area contributed by atoms with Crippen LogP contribution in [0.1, 0.15) is 18.4 Å². The number of nitrogens with zero attached hydrogens (tertiary/aromatic N) is 3. The number of fused-ring (bicyclic) bond motifs is 1. The first-order chi connectivity index (χ1) is 16.6. The minimum Gasteiger partial charge on any atom is -0.494 e. The standard InChI is InChI=1S/C28H27FN4O/c1-31-22-11-13-32(14-12-22)24-8-9-26-21(15-24)17-27(20-5-10-28(34-2)25(29)16-20)33(26)23-6-3-19(18-30)4-7-23/h3-10,15-17,22,31H,11-14H2,1-2H3.